The second-order valence-electron chi connectivity index (χ2n) is 5.05. The zero-order valence-corrected chi connectivity index (χ0v) is 12.5. The lowest BCUT2D eigenvalue weighted by atomic mass is 9.95. The number of hydrogen-bond acceptors (Lipinski definition) is 3. The van der Waals surface area contributed by atoms with Gasteiger partial charge in [0, 0.05) is 17.0 Å². The molecule has 1 aliphatic rings. The first-order valence-corrected chi connectivity index (χ1v) is 7.42. The van der Waals surface area contributed by atoms with Crippen LogP contribution in [0.15, 0.2) is 42.5 Å². The van der Waals surface area contributed by atoms with E-state index in [1.807, 2.05) is 31.2 Å². The molecule has 2 unspecified atom stereocenters. The summed E-state index contributed by atoms with van der Waals surface area (Å²) in [7, 11) is 0. The van der Waals surface area contributed by atoms with Crippen molar-refractivity contribution in [2.24, 2.45) is 0 Å². The zero-order valence-electron chi connectivity index (χ0n) is 11.8. The van der Waals surface area contributed by atoms with E-state index >= 15 is 0 Å². The van der Waals surface area contributed by atoms with Gasteiger partial charge in [-0.25, -0.2) is 0 Å². The Bertz CT molecular complexity index is 642. The molecule has 0 saturated carbocycles. The number of aliphatic hydroxyl groups excluding tert-OH is 1. The molecular formula is C17H17ClO3. The normalized spacial score (nSPS) is 20.5. The lowest BCUT2D eigenvalue weighted by Crippen LogP contribution is -2.19. The molecule has 21 heavy (non-hydrogen) atoms. The lowest BCUT2D eigenvalue weighted by Gasteiger charge is -2.30. The summed E-state index contributed by atoms with van der Waals surface area (Å²) in [5.74, 6) is 1.50. The number of fused-ring (bicyclic) bond motifs is 1. The monoisotopic (exact) mass is 304 g/mol. The van der Waals surface area contributed by atoms with Crippen molar-refractivity contribution in [1.82, 2.24) is 0 Å². The maximum atomic E-state index is 10.3. The van der Waals surface area contributed by atoms with Gasteiger partial charge in [0.05, 0.1) is 12.7 Å². The fourth-order valence-electron chi connectivity index (χ4n) is 2.59. The molecule has 2 atom stereocenters. The molecule has 0 saturated heterocycles. The van der Waals surface area contributed by atoms with E-state index in [2.05, 4.69) is 0 Å². The highest BCUT2D eigenvalue weighted by molar-refractivity contribution is 6.30. The van der Waals surface area contributed by atoms with E-state index in [-0.39, 0.29) is 6.10 Å². The average molecular weight is 305 g/mol. The third-order valence-corrected chi connectivity index (χ3v) is 3.81. The Labute approximate surface area is 129 Å². The van der Waals surface area contributed by atoms with Crippen LogP contribution in [0.1, 0.15) is 36.7 Å². The van der Waals surface area contributed by atoms with Gasteiger partial charge in [-0.3, -0.25) is 0 Å². The minimum Gasteiger partial charge on any atom is -0.494 e. The average Bonchev–Trinajstić information content (AvgIpc) is 2.48. The van der Waals surface area contributed by atoms with E-state index in [1.165, 1.54) is 0 Å². The SMILES string of the molecule is CCOc1cccc(C2CC(O)c3cc(Cl)ccc3O2)c1. The van der Waals surface area contributed by atoms with Gasteiger partial charge in [-0.05, 0) is 42.8 Å². The lowest BCUT2D eigenvalue weighted by molar-refractivity contribution is 0.0656. The predicted octanol–water partition coefficient (Wildman–Crippen LogP) is 4.30. The first kappa shape index (κ1) is 14.2. The van der Waals surface area contributed by atoms with Crippen LogP contribution in [0.4, 0.5) is 0 Å². The minimum absolute atomic E-state index is 0.186. The molecule has 1 N–H and O–H groups in total. The Balaban J connectivity index is 1.88. The van der Waals surface area contributed by atoms with E-state index in [9.17, 15) is 5.11 Å². The Kier molecular flexibility index (Phi) is 4.04. The maximum absolute atomic E-state index is 10.3. The molecule has 0 amide bonds. The van der Waals surface area contributed by atoms with Crippen LogP contribution in [0.25, 0.3) is 0 Å². The number of benzene rings is 2. The first-order valence-electron chi connectivity index (χ1n) is 7.04. The largest absolute Gasteiger partial charge is 0.494 e. The van der Waals surface area contributed by atoms with Gasteiger partial charge >= 0.3 is 0 Å². The number of rotatable bonds is 3. The molecule has 0 aliphatic carbocycles. The van der Waals surface area contributed by atoms with Gasteiger partial charge < -0.3 is 14.6 Å². The number of aliphatic hydroxyl groups is 1. The van der Waals surface area contributed by atoms with E-state index in [4.69, 9.17) is 21.1 Å². The Hall–Kier alpha value is -1.71. The van der Waals surface area contributed by atoms with Crippen molar-refractivity contribution in [1.29, 1.82) is 0 Å². The highest BCUT2D eigenvalue weighted by Gasteiger charge is 2.28. The number of halogens is 1. The van der Waals surface area contributed by atoms with Crippen molar-refractivity contribution in [2.75, 3.05) is 6.61 Å². The van der Waals surface area contributed by atoms with Crippen molar-refractivity contribution in [2.45, 2.75) is 25.6 Å². The number of ether oxygens (including phenoxy) is 2. The van der Waals surface area contributed by atoms with Crippen LogP contribution in [-0.4, -0.2) is 11.7 Å². The van der Waals surface area contributed by atoms with Gasteiger partial charge in [0.2, 0.25) is 0 Å². The summed E-state index contributed by atoms with van der Waals surface area (Å²) in [6.45, 7) is 2.58. The fraction of sp³-hybridized carbons (Fsp3) is 0.294. The molecule has 0 spiro atoms. The standard InChI is InChI=1S/C17H17ClO3/c1-2-20-13-5-3-4-11(8-13)17-10-15(19)14-9-12(18)6-7-16(14)21-17/h3-9,15,17,19H,2,10H2,1H3. The molecule has 4 heteroatoms. The summed E-state index contributed by atoms with van der Waals surface area (Å²) < 4.78 is 11.5. The van der Waals surface area contributed by atoms with Crippen molar-refractivity contribution in [3.8, 4) is 11.5 Å². The molecule has 1 aliphatic heterocycles. The molecule has 3 rings (SSSR count). The van der Waals surface area contributed by atoms with Crippen molar-refractivity contribution >= 4 is 11.6 Å². The third-order valence-electron chi connectivity index (χ3n) is 3.58. The molecule has 110 valence electrons. The van der Waals surface area contributed by atoms with Crippen LogP contribution >= 0.6 is 11.6 Å². The minimum atomic E-state index is -0.576. The smallest absolute Gasteiger partial charge is 0.127 e. The molecule has 2 aromatic rings. The van der Waals surface area contributed by atoms with Crippen LogP contribution in [0.3, 0.4) is 0 Å². The first-order chi connectivity index (χ1) is 10.2. The van der Waals surface area contributed by atoms with E-state index in [0.29, 0.717) is 23.8 Å². The topological polar surface area (TPSA) is 38.7 Å². The molecule has 1 heterocycles. The second kappa shape index (κ2) is 5.96. The van der Waals surface area contributed by atoms with Gasteiger partial charge in [-0.1, -0.05) is 23.7 Å². The van der Waals surface area contributed by atoms with Gasteiger partial charge in [0.1, 0.15) is 17.6 Å². The Morgan fingerprint density at radius 2 is 2.14 bits per heavy atom. The summed E-state index contributed by atoms with van der Waals surface area (Å²) >= 11 is 5.97. The van der Waals surface area contributed by atoms with Gasteiger partial charge in [0.15, 0.2) is 0 Å². The molecule has 0 aromatic heterocycles. The van der Waals surface area contributed by atoms with Crippen LogP contribution in [0, 0.1) is 0 Å². The van der Waals surface area contributed by atoms with Crippen LogP contribution in [0.5, 0.6) is 11.5 Å². The van der Waals surface area contributed by atoms with E-state index in [1.54, 1.807) is 18.2 Å². The molecule has 0 bridgehead atoms. The summed E-state index contributed by atoms with van der Waals surface area (Å²) in [6.07, 6.45) is -0.259. The van der Waals surface area contributed by atoms with Crippen LogP contribution < -0.4 is 9.47 Å². The van der Waals surface area contributed by atoms with Gasteiger partial charge in [-0.2, -0.15) is 0 Å². The molecule has 0 fully saturated rings. The summed E-state index contributed by atoms with van der Waals surface area (Å²) in [5.41, 5.74) is 1.75. The summed E-state index contributed by atoms with van der Waals surface area (Å²) in [4.78, 5) is 0. The molecule has 0 radical (unpaired) electrons. The molecule has 2 aromatic carbocycles. The number of hydrogen-bond donors (Lipinski definition) is 1. The zero-order chi connectivity index (χ0) is 14.8. The predicted molar refractivity (Wildman–Crippen MR) is 82.0 cm³/mol. The Morgan fingerprint density at radius 3 is 2.95 bits per heavy atom. The third kappa shape index (κ3) is 2.99. The van der Waals surface area contributed by atoms with Gasteiger partial charge in [0.25, 0.3) is 0 Å². The molecular weight excluding hydrogens is 288 g/mol. The fourth-order valence-corrected chi connectivity index (χ4v) is 2.77. The highest BCUT2D eigenvalue weighted by atomic mass is 35.5. The van der Waals surface area contributed by atoms with Crippen LogP contribution in [-0.2, 0) is 0 Å². The summed E-state index contributed by atoms with van der Waals surface area (Å²) in [6, 6.07) is 13.1. The summed E-state index contributed by atoms with van der Waals surface area (Å²) in [5, 5.41) is 10.9. The molecule has 3 nitrogen and oxygen atoms in total. The second-order valence-corrected chi connectivity index (χ2v) is 5.48. The quantitative estimate of drug-likeness (QED) is 0.919. The maximum Gasteiger partial charge on any atom is 0.127 e. The van der Waals surface area contributed by atoms with Gasteiger partial charge in [-0.15, -0.1) is 0 Å². The highest BCUT2D eigenvalue weighted by Crippen LogP contribution is 2.42. The van der Waals surface area contributed by atoms with Crippen molar-refractivity contribution in [3.05, 3.63) is 58.6 Å². The van der Waals surface area contributed by atoms with Crippen molar-refractivity contribution < 1.29 is 14.6 Å². The Morgan fingerprint density at radius 1 is 1.29 bits per heavy atom. The van der Waals surface area contributed by atoms with E-state index < -0.39 is 6.10 Å². The van der Waals surface area contributed by atoms with E-state index in [0.717, 1.165) is 16.9 Å². The van der Waals surface area contributed by atoms with Crippen molar-refractivity contribution in [3.63, 3.8) is 0 Å². The van der Waals surface area contributed by atoms with Crippen LogP contribution in [0.2, 0.25) is 5.02 Å².